The average molecular weight is 411 g/mol. The third-order valence-electron chi connectivity index (χ3n) is 3.03. The molecular weight excluding hydrogens is 411 g/mol. The Morgan fingerprint density at radius 2 is 1.00 bits per heavy atom. The Hall–Kier alpha value is -0.680. The van der Waals surface area contributed by atoms with Gasteiger partial charge in [-0.25, -0.2) is 8.78 Å². The van der Waals surface area contributed by atoms with Gasteiger partial charge in [-0.05, 0) is 0 Å². The van der Waals surface area contributed by atoms with E-state index in [-0.39, 0.29) is 0 Å². The number of alkyl halides is 13. The van der Waals surface area contributed by atoms with E-state index >= 15 is 0 Å². The zero-order valence-corrected chi connectivity index (χ0v) is 10.9. The maximum Gasteiger partial charge on any atom is 0.435 e. The van der Waals surface area contributed by atoms with Gasteiger partial charge < -0.3 is 5.26 Å². The van der Waals surface area contributed by atoms with Gasteiger partial charge in [0, 0.05) is 0 Å². The van der Waals surface area contributed by atoms with Gasteiger partial charge in [-0.3, -0.25) is 5.04 Å². The minimum Gasteiger partial charge on any atom is -0.691 e. The minimum atomic E-state index is -7.87. The summed E-state index contributed by atoms with van der Waals surface area (Å²) in [4.78, 5) is 0. The van der Waals surface area contributed by atoms with Crippen LogP contribution in [0.1, 0.15) is 0 Å². The van der Waals surface area contributed by atoms with Crippen molar-refractivity contribution in [3.8, 4) is 0 Å². The second-order valence-corrected chi connectivity index (χ2v) is 5.13. The van der Waals surface area contributed by atoms with E-state index in [9.17, 15) is 62.3 Å². The van der Waals surface area contributed by atoms with Crippen LogP contribution in [0.5, 0.6) is 0 Å². The van der Waals surface area contributed by atoms with E-state index in [1.807, 2.05) is 0 Å². The van der Waals surface area contributed by atoms with Crippen LogP contribution in [0.2, 0.25) is 0 Å². The fourth-order valence-electron chi connectivity index (χ4n) is 1.75. The van der Waals surface area contributed by atoms with Crippen LogP contribution in [0.3, 0.4) is 0 Å². The molecule has 0 atom stereocenters. The van der Waals surface area contributed by atoms with Crippen molar-refractivity contribution in [2.24, 2.45) is 0 Å². The summed E-state index contributed by atoms with van der Waals surface area (Å²) in [5, 5.41) is 4.65. The van der Waals surface area contributed by atoms with Gasteiger partial charge in [-0.1, -0.05) is 0 Å². The van der Waals surface area contributed by atoms with Crippen LogP contribution < -0.4 is 5.26 Å². The quantitative estimate of drug-likeness (QED) is 0.309. The normalized spacial score (nSPS) is 37.2. The number of rotatable bonds is 3. The van der Waals surface area contributed by atoms with Crippen molar-refractivity contribution in [1.29, 1.82) is 0 Å². The van der Waals surface area contributed by atoms with E-state index in [0.717, 1.165) is 0 Å². The van der Waals surface area contributed by atoms with E-state index in [1.54, 1.807) is 0 Å². The van der Waals surface area contributed by atoms with Crippen molar-refractivity contribution in [2.75, 3.05) is 0 Å². The van der Waals surface area contributed by atoms with Crippen LogP contribution in [0.25, 0.3) is 0 Å². The topological polar surface area (TPSA) is 41.5 Å². The molecule has 17 heteroatoms. The molecule has 0 saturated heterocycles. The first-order valence-electron chi connectivity index (χ1n) is 4.91. The molecule has 1 rings (SSSR count). The van der Waals surface area contributed by atoms with E-state index in [2.05, 4.69) is 9.37 Å². The lowest BCUT2D eigenvalue weighted by molar-refractivity contribution is -0.777. The molecule has 0 unspecified atom stereocenters. The molecule has 0 spiro atoms. The Labute approximate surface area is 125 Å². The highest BCUT2D eigenvalue weighted by atomic mass is 32.2. The smallest absolute Gasteiger partial charge is 0.435 e. The van der Waals surface area contributed by atoms with Crippen LogP contribution in [0.4, 0.5) is 57.1 Å². The van der Waals surface area contributed by atoms with Gasteiger partial charge in [-0.15, -0.1) is 0 Å². The van der Waals surface area contributed by atoms with Gasteiger partial charge >= 0.3 is 40.5 Å². The molecule has 0 radical (unpaired) electrons. The van der Waals surface area contributed by atoms with Crippen LogP contribution in [-0.2, 0) is 9.37 Å². The Bertz CT molecular complexity index is 474. The molecule has 0 heterocycles. The first-order valence-corrected chi connectivity index (χ1v) is 5.65. The fourth-order valence-corrected chi connectivity index (χ4v) is 2.34. The van der Waals surface area contributed by atoms with Gasteiger partial charge in [0.25, 0.3) is 0 Å². The number of hydrogen-bond acceptors (Lipinski definition) is 4. The van der Waals surface area contributed by atoms with Crippen molar-refractivity contribution in [3.63, 3.8) is 0 Å². The minimum absolute atomic E-state index is 2.05. The lowest BCUT2D eigenvalue weighted by atomic mass is 9.72. The molecule has 0 aromatic rings. The van der Waals surface area contributed by atoms with Crippen molar-refractivity contribution in [1.82, 2.24) is 0 Å². The third kappa shape index (κ3) is 1.94. The fraction of sp³-hybridized carbons (Fsp3) is 1.00. The summed E-state index contributed by atoms with van der Waals surface area (Å²) in [6.45, 7) is 0. The highest BCUT2D eigenvalue weighted by Gasteiger charge is 3.05. The van der Waals surface area contributed by atoms with Gasteiger partial charge in [-0.2, -0.15) is 52.6 Å². The van der Waals surface area contributed by atoms with Crippen LogP contribution >= 0.6 is 12.0 Å². The Kier molecular flexibility index (Phi) is 4.60. The molecule has 0 aliphatic heterocycles. The third-order valence-corrected chi connectivity index (χ3v) is 3.89. The van der Waals surface area contributed by atoms with Crippen LogP contribution in [0, 0.1) is 0 Å². The van der Waals surface area contributed by atoms with Crippen molar-refractivity contribution < 1.29 is 71.7 Å². The van der Waals surface area contributed by atoms with Gasteiger partial charge in [0.1, 0.15) is 0 Å². The first kappa shape index (κ1) is 21.4. The molecule has 0 amide bonds. The second kappa shape index (κ2) is 5.16. The molecule has 1 aliphatic rings. The second-order valence-electron chi connectivity index (χ2n) is 4.27. The maximum atomic E-state index is 13.7. The Morgan fingerprint density at radius 1 is 0.667 bits per heavy atom. The van der Waals surface area contributed by atoms with Gasteiger partial charge in [0.2, 0.25) is 0 Å². The van der Waals surface area contributed by atoms with E-state index < -0.39 is 52.6 Å². The molecule has 1 aliphatic carbocycles. The standard InChI is InChI=1S/C7HF13O3S/c8-1(7(18,19)20)2(9,10)4(13,14)6(17,24-23-22-21)5(15,16)3(1,11)12/h21H/p-1. The monoisotopic (exact) mass is 411 g/mol. The van der Waals surface area contributed by atoms with E-state index in [0.29, 0.717) is 0 Å². The Morgan fingerprint density at radius 3 is 1.25 bits per heavy atom. The predicted octanol–water partition coefficient (Wildman–Crippen LogP) is 3.35. The summed E-state index contributed by atoms with van der Waals surface area (Å²) in [5.41, 5.74) is -7.87. The molecule has 3 nitrogen and oxygen atoms in total. The molecule has 0 N–H and O–H groups in total. The lowest BCUT2D eigenvalue weighted by Gasteiger charge is -2.54. The molecule has 24 heavy (non-hydrogen) atoms. The summed E-state index contributed by atoms with van der Waals surface area (Å²) >= 11 is -2.47. The van der Waals surface area contributed by atoms with E-state index in [4.69, 9.17) is 0 Å². The number of halogens is 13. The van der Waals surface area contributed by atoms with Gasteiger partial charge in [0.05, 0.1) is 12.0 Å². The number of hydrogen-bond donors (Lipinski definition) is 0. The predicted molar refractivity (Wildman–Crippen MR) is 43.3 cm³/mol. The molecule has 1 saturated carbocycles. The average Bonchev–Trinajstić information content (AvgIpc) is 2.40. The zero-order chi connectivity index (χ0) is 19.6. The van der Waals surface area contributed by atoms with Crippen molar-refractivity contribution in [2.45, 2.75) is 40.5 Å². The first-order chi connectivity index (χ1) is 10.3. The maximum absolute atomic E-state index is 13.7. The summed E-state index contributed by atoms with van der Waals surface area (Å²) in [7, 11) is 0. The molecule has 0 aromatic heterocycles. The molecule has 144 valence electrons. The molecule has 0 aromatic carbocycles. The largest absolute Gasteiger partial charge is 0.691 e. The summed E-state index contributed by atoms with van der Waals surface area (Å²) in [6.07, 6.45) is -7.69. The highest BCUT2D eigenvalue weighted by Crippen LogP contribution is 2.74. The highest BCUT2D eigenvalue weighted by molar-refractivity contribution is 7.96. The van der Waals surface area contributed by atoms with E-state index in [1.165, 1.54) is 0 Å². The van der Waals surface area contributed by atoms with Crippen molar-refractivity contribution in [3.05, 3.63) is 0 Å². The molecule has 0 bridgehead atoms. The summed E-state index contributed by atoms with van der Waals surface area (Å²) < 4.78 is 172. The lowest BCUT2D eigenvalue weighted by Crippen LogP contribution is -2.87. The van der Waals surface area contributed by atoms with Crippen molar-refractivity contribution >= 4 is 12.0 Å². The summed E-state index contributed by atoms with van der Waals surface area (Å²) in [6, 6.07) is 0. The SMILES string of the molecule is [O-]OOSC1(F)C(F)(F)C(F)(F)C(F)(C(F)(F)F)C(F)(F)C1(F)F. The van der Waals surface area contributed by atoms with Gasteiger partial charge in [0.15, 0.2) is 0 Å². The van der Waals surface area contributed by atoms with Crippen LogP contribution in [-0.4, -0.2) is 40.5 Å². The molecular formula is C7F13O3S-. The van der Waals surface area contributed by atoms with Crippen LogP contribution in [0.15, 0.2) is 0 Å². The summed E-state index contributed by atoms with van der Waals surface area (Å²) in [5.74, 6) is -30.4. The zero-order valence-electron chi connectivity index (χ0n) is 10.0. The Balaban J connectivity index is 3.87. The molecule has 1 fully saturated rings.